The number of halogens is 2. The summed E-state index contributed by atoms with van der Waals surface area (Å²) in [5, 5.41) is 0.139. The minimum absolute atomic E-state index is 0.139. The van der Waals surface area contributed by atoms with Crippen molar-refractivity contribution >= 4 is 17.3 Å². The van der Waals surface area contributed by atoms with Crippen LogP contribution in [0.1, 0.15) is 13.8 Å². The van der Waals surface area contributed by atoms with Crippen molar-refractivity contribution in [2.45, 2.75) is 13.8 Å². The molecule has 0 bridgehead atoms. The summed E-state index contributed by atoms with van der Waals surface area (Å²) in [6, 6.07) is 4.97. The van der Waals surface area contributed by atoms with Crippen LogP contribution in [0.15, 0.2) is 42.6 Å². The van der Waals surface area contributed by atoms with Gasteiger partial charge in [0.15, 0.2) is 5.82 Å². The Balaban J connectivity index is 3.04. The van der Waals surface area contributed by atoms with Crippen molar-refractivity contribution in [2.24, 2.45) is 0 Å². The highest BCUT2D eigenvalue weighted by atomic mass is 35.5. The second-order valence-electron chi connectivity index (χ2n) is 3.52. The number of hydrogen-bond donors (Lipinski definition) is 0. The molecule has 0 aliphatic carbocycles. The predicted octanol–water partition coefficient (Wildman–Crippen LogP) is 4.40. The van der Waals surface area contributed by atoms with E-state index in [2.05, 4.69) is 6.58 Å². The van der Waals surface area contributed by atoms with Gasteiger partial charge in [-0.05, 0) is 32.1 Å². The average Bonchev–Trinajstić information content (AvgIpc) is 2.24. The molecule has 0 fully saturated rings. The van der Waals surface area contributed by atoms with Gasteiger partial charge >= 0.3 is 0 Å². The van der Waals surface area contributed by atoms with Crippen LogP contribution >= 0.6 is 11.6 Å². The molecule has 0 amide bonds. The summed E-state index contributed by atoms with van der Waals surface area (Å²) in [4.78, 5) is 1.79. The summed E-state index contributed by atoms with van der Waals surface area (Å²) in [6.07, 6.45) is 3.64. The van der Waals surface area contributed by atoms with E-state index >= 15 is 0 Å². The summed E-state index contributed by atoms with van der Waals surface area (Å²) in [6.45, 7) is 8.26. The van der Waals surface area contributed by atoms with Crippen molar-refractivity contribution < 1.29 is 4.39 Å². The van der Waals surface area contributed by atoms with Crippen LogP contribution in [0.4, 0.5) is 10.1 Å². The first-order valence-corrected chi connectivity index (χ1v) is 5.48. The van der Waals surface area contributed by atoms with Crippen LogP contribution in [0.25, 0.3) is 0 Å². The van der Waals surface area contributed by atoms with E-state index in [9.17, 15) is 4.39 Å². The molecule has 1 aromatic carbocycles. The van der Waals surface area contributed by atoms with Gasteiger partial charge in [-0.25, -0.2) is 4.39 Å². The zero-order chi connectivity index (χ0) is 12.1. The number of allylic oxidation sites excluding steroid dienone is 2. The molecule has 0 radical (unpaired) electrons. The van der Waals surface area contributed by atoms with Gasteiger partial charge in [0.05, 0.1) is 10.7 Å². The van der Waals surface area contributed by atoms with Gasteiger partial charge in [0, 0.05) is 12.7 Å². The average molecular weight is 240 g/mol. The molecule has 0 aliphatic heterocycles. The van der Waals surface area contributed by atoms with Gasteiger partial charge in [-0.2, -0.15) is 0 Å². The smallest absolute Gasteiger partial charge is 0.165 e. The van der Waals surface area contributed by atoms with Crippen molar-refractivity contribution in [3.63, 3.8) is 0 Å². The molecule has 0 aliphatic rings. The number of hydrogen-bond acceptors (Lipinski definition) is 1. The molecule has 0 heterocycles. The lowest BCUT2D eigenvalue weighted by atomic mass is 10.2. The molecule has 1 rings (SSSR count). The lowest BCUT2D eigenvalue weighted by molar-refractivity contribution is 0.625. The van der Waals surface area contributed by atoms with E-state index in [1.165, 1.54) is 6.07 Å². The van der Waals surface area contributed by atoms with Crippen molar-refractivity contribution in [1.82, 2.24) is 0 Å². The highest BCUT2D eigenvalue weighted by Crippen LogP contribution is 2.25. The molecule has 1 nitrogen and oxygen atoms in total. The van der Waals surface area contributed by atoms with Crippen LogP contribution in [0.5, 0.6) is 0 Å². The zero-order valence-electron chi connectivity index (χ0n) is 9.50. The van der Waals surface area contributed by atoms with E-state index in [0.717, 1.165) is 5.57 Å². The van der Waals surface area contributed by atoms with E-state index in [1.807, 2.05) is 19.9 Å². The van der Waals surface area contributed by atoms with Crippen LogP contribution in [-0.2, 0) is 0 Å². The van der Waals surface area contributed by atoms with E-state index in [-0.39, 0.29) is 5.02 Å². The Morgan fingerprint density at radius 1 is 1.56 bits per heavy atom. The molecule has 1 aromatic rings. The summed E-state index contributed by atoms with van der Waals surface area (Å²) in [7, 11) is 0. The fourth-order valence-electron chi connectivity index (χ4n) is 1.29. The maximum absolute atomic E-state index is 13.7. The summed E-state index contributed by atoms with van der Waals surface area (Å²) in [5.41, 5.74) is 1.40. The van der Waals surface area contributed by atoms with Crippen LogP contribution in [0, 0.1) is 5.82 Å². The van der Waals surface area contributed by atoms with Gasteiger partial charge < -0.3 is 4.90 Å². The molecule has 0 spiro atoms. The molecule has 3 heteroatoms. The molecule has 0 saturated heterocycles. The number of nitrogens with zero attached hydrogens (tertiary/aromatic N) is 1. The van der Waals surface area contributed by atoms with Gasteiger partial charge in [0.1, 0.15) is 0 Å². The summed E-state index contributed by atoms with van der Waals surface area (Å²) < 4.78 is 13.7. The highest BCUT2D eigenvalue weighted by molar-refractivity contribution is 6.31. The first-order valence-electron chi connectivity index (χ1n) is 5.10. The SMILES string of the molecule is C=C(C)/C=C/N(CC)c1cccc(Cl)c1F. The minimum atomic E-state index is -0.391. The quantitative estimate of drug-likeness (QED) is 0.704. The van der Waals surface area contributed by atoms with Gasteiger partial charge in [0.2, 0.25) is 0 Å². The Morgan fingerprint density at radius 3 is 2.81 bits per heavy atom. The highest BCUT2D eigenvalue weighted by Gasteiger charge is 2.09. The predicted molar refractivity (Wildman–Crippen MR) is 68.4 cm³/mol. The standard InChI is InChI=1S/C13H15ClFN/c1-4-16(9-8-10(2)3)12-7-5-6-11(14)13(12)15/h5-9H,2,4H2,1,3H3/b9-8+. The normalized spacial score (nSPS) is 10.8. The van der Waals surface area contributed by atoms with Crippen LogP contribution in [-0.4, -0.2) is 6.54 Å². The maximum Gasteiger partial charge on any atom is 0.165 e. The van der Waals surface area contributed by atoms with Gasteiger partial charge in [-0.3, -0.25) is 0 Å². The second kappa shape index (κ2) is 5.71. The molecule has 16 heavy (non-hydrogen) atoms. The molecule has 0 unspecified atom stereocenters. The molecular formula is C13H15ClFN. The molecule has 86 valence electrons. The van der Waals surface area contributed by atoms with Gasteiger partial charge in [-0.1, -0.05) is 29.8 Å². The molecule has 0 aromatic heterocycles. The zero-order valence-corrected chi connectivity index (χ0v) is 10.3. The van der Waals surface area contributed by atoms with Crippen LogP contribution < -0.4 is 4.90 Å². The molecule has 0 saturated carbocycles. The number of benzene rings is 1. The van der Waals surface area contributed by atoms with Gasteiger partial charge in [0.25, 0.3) is 0 Å². The Hall–Kier alpha value is -1.28. The Kier molecular flexibility index (Phi) is 4.56. The van der Waals surface area contributed by atoms with Crippen molar-refractivity contribution in [3.8, 4) is 0 Å². The second-order valence-corrected chi connectivity index (χ2v) is 3.93. The maximum atomic E-state index is 13.7. The first kappa shape index (κ1) is 12.8. The van der Waals surface area contributed by atoms with Crippen molar-refractivity contribution in [2.75, 3.05) is 11.4 Å². The first-order chi connectivity index (χ1) is 7.56. The van der Waals surface area contributed by atoms with Crippen molar-refractivity contribution in [1.29, 1.82) is 0 Å². The summed E-state index contributed by atoms with van der Waals surface area (Å²) >= 11 is 5.73. The summed E-state index contributed by atoms with van der Waals surface area (Å²) in [5.74, 6) is -0.391. The topological polar surface area (TPSA) is 3.24 Å². The van der Waals surface area contributed by atoms with Crippen molar-refractivity contribution in [3.05, 3.63) is 53.5 Å². The van der Waals surface area contributed by atoms with E-state index < -0.39 is 5.82 Å². The fraction of sp³-hybridized carbons (Fsp3) is 0.231. The Morgan fingerprint density at radius 2 is 2.25 bits per heavy atom. The number of anilines is 1. The van der Waals surface area contributed by atoms with E-state index in [0.29, 0.717) is 12.2 Å². The minimum Gasteiger partial charge on any atom is -0.346 e. The largest absolute Gasteiger partial charge is 0.346 e. The fourth-order valence-corrected chi connectivity index (χ4v) is 1.46. The monoisotopic (exact) mass is 239 g/mol. The van der Waals surface area contributed by atoms with Crippen LogP contribution in [0.3, 0.4) is 0 Å². The Bertz CT molecular complexity index is 412. The third-order valence-electron chi connectivity index (χ3n) is 2.12. The van der Waals surface area contributed by atoms with E-state index in [4.69, 9.17) is 11.6 Å². The molecular weight excluding hydrogens is 225 g/mol. The van der Waals surface area contributed by atoms with Gasteiger partial charge in [-0.15, -0.1) is 0 Å². The Labute approximate surface area is 101 Å². The van der Waals surface area contributed by atoms with E-state index in [1.54, 1.807) is 23.2 Å². The third kappa shape index (κ3) is 3.11. The molecule has 0 atom stereocenters. The third-order valence-corrected chi connectivity index (χ3v) is 2.41. The number of rotatable bonds is 4. The lowest BCUT2D eigenvalue weighted by Crippen LogP contribution is -2.16. The molecule has 0 N–H and O–H groups in total. The van der Waals surface area contributed by atoms with Crippen LogP contribution in [0.2, 0.25) is 5.02 Å². The lowest BCUT2D eigenvalue weighted by Gasteiger charge is -2.19.